The van der Waals surface area contributed by atoms with Gasteiger partial charge in [0.2, 0.25) is 0 Å². The molecule has 0 spiro atoms. The molecule has 8 nitrogen and oxygen atoms in total. The van der Waals surface area contributed by atoms with Crippen molar-refractivity contribution in [2.45, 2.75) is 66.6 Å². The summed E-state index contributed by atoms with van der Waals surface area (Å²) in [5.41, 5.74) is 1.06. The van der Waals surface area contributed by atoms with Crippen LogP contribution in [0.1, 0.15) is 52.2 Å². The number of esters is 2. The summed E-state index contributed by atoms with van der Waals surface area (Å²) in [6, 6.07) is 3.09. The van der Waals surface area contributed by atoms with Crippen molar-refractivity contribution in [1.82, 2.24) is 0 Å². The van der Waals surface area contributed by atoms with Crippen LogP contribution in [0.2, 0.25) is 0 Å². The molecule has 0 fully saturated rings. The molecule has 1 aromatic carbocycles. The van der Waals surface area contributed by atoms with Gasteiger partial charge in [0.1, 0.15) is 17.1 Å². The Kier molecular flexibility index (Phi) is 8.47. The van der Waals surface area contributed by atoms with Crippen molar-refractivity contribution in [2.75, 3.05) is 13.2 Å². The van der Waals surface area contributed by atoms with Gasteiger partial charge in [-0.2, -0.15) is 0 Å². The third-order valence-electron chi connectivity index (χ3n) is 4.67. The molecule has 0 amide bonds. The van der Waals surface area contributed by atoms with Crippen LogP contribution in [0.15, 0.2) is 21.3 Å². The highest BCUT2D eigenvalue weighted by molar-refractivity contribution is 5.89. The number of carbonyl (C=O) groups excluding carboxylic acids is 2. The van der Waals surface area contributed by atoms with E-state index in [0.717, 1.165) is 6.42 Å². The molecule has 0 bridgehead atoms. The van der Waals surface area contributed by atoms with Gasteiger partial charge in [0, 0.05) is 17.7 Å². The Bertz CT molecular complexity index is 991. The number of aryl methyl sites for hydroxylation is 1. The van der Waals surface area contributed by atoms with Crippen LogP contribution in [0.4, 0.5) is 0 Å². The molecule has 0 saturated carbocycles. The molecular formula is C23H30O8. The molecule has 0 unspecified atom stereocenters. The first-order valence-corrected chi connectivity index (χ1v) is 10.5. The molecule has 2 atom stereocenters. The Morgan fingerprint density at radius 2 is 1.55 bits per heavy atom. The quantitative estimate of drug-likeness (QED) is 0.412. The van der Waals surface area contributed by atoms with E-state index in [1.165, 1.54) is 6.07 Å². The van der Waals surface area contributed by atoms with Crippen LogP contribution in [0.5, 0.6) is 11.5 Å². The number of carbonyl (C=O) groups is 2. The van der Waals surface area contributed by atoms with Gasteiger partial charge in [-0.15, -0.1) is 0 Å². The zero-order valence-corrected chi connectivity index (χ0v) is 18.9. The molecular weight excluding hydrogens is 404 g/mol. The zero-order chi connectivity index (χ0) is 23.1. The molecule has 2 aromatic rings. The predicted molar refractivity (Wildman–Crippen MR) is 115 cm³/mol. The topological polar surface area (TPSA) is 101 Å². The molecule has 170 valence electrons. The lowest BCUT2D eigenvalue weighted by atomic mass is 10.0. The Labute approximate surface area is 181 Å². The molecule has 2 rings (SSSR count). The van der Waals surface area contributed by atoms with Crippen molar-refractivity contribution in [1.29, 1.82) is 0 Å². The summed E-state index contributed by atoms with van der Waals surface area (Å²) in [5.74, 6) is -0.515. The fourth-order valence-electron chi connectivity index (χ4n) is 3.19. The molecule has 1 aromatic heterocycles. The lowest BCUT2D eigenvalue weighted by Crippen LogP contribution is -2.27. The van der Waals surface area contributed by atoms with Crippen LogP contribution in [-0.2, 0) is 25.5 Å². The van der Waals surface area contributed by atoms with Gasteiger partial charge in [-0.25, -0.2) is 14.4 Å². The van der Waals surface area contributed by atoms with E-state index < -0.39 is 29.8 Å². The Morgan fingerprint density at radius 3 is 2.10 bits per heavy atom. The van der Waals surface area contributed by atoms with Gasteiger partial charge < -0.3 is 23.4 Å². The van der Waals surface area contributed by atoms with E-state index in [1.54, 1.807) is 33.8 Å². The average molecular weight is 434 g/mol. The summed E-state index contributed by atoms with van der Waals surface area (Å²) in [5, 5.41) is 0.565. The molecule has 0 N–H and O–H groups in total. The molecule has 0 saturated heterocycles. The van der Waals surface area contributed by atoms with Crippen LogP contribution < -0.4 is 15.1 Å². The van der Waals surface area contributed by atoms with Crippen molar-refractivity contribution in [3.8, 4) is 11.5 Å². The maximum absolute atomic E-state index is 12.5. The Morgan fingerprint density at radius 1 is 0.968 bits per heavy atom. The monoisotopic (exact) mass is 434 g/mol. The largest absolute Gasteiger partial charge is 0.479 e. The van der Waals surface area contributed by atoms with Gasteiger partial charge in [0.05, 0.1) is 18.6 Å². The molecule has 1 heterocycles. The van der Waals surface area contributed by atoms with Crippen LogP contribution in [0.25, 0.3) is 11.0 Å². The van der Waals surface area contributed by atoms with Crippen molar-refractivity contribution in [3.05, 3.63) is 33.7 Å². The smallest absolute Gasteiger partial charge is 0.347 e. The number of fused-ring (bicyclic) bond motifs is 1. The second kappa shape index (κ2) is 10.8. The maximum atomic E-state index is 12.5. The lowest BCUT2D eigenvalue weighted by molar-refractivity contribution is -0.151. The second-order valence-corrected chi connectivity index (χ2v) is 7.06. The van der Waals surface area contributed by atoms with Gasteiger partial charge in [-0.05, 0) is 46.6 Å². The van der Waals surface area contributed by atoms with E-state index in [1.807, 2.05) is 13.8 Å². The molecule has 0 aliphatic heterocycles. The Balaban J connectivity index is 2.58. The first kappa shape index (κ1) is 24.2. The summed E-state index contributed by atoms with van der Waals surface area (Å²) >= 11 is 0. The van der Waals surface area contributed by atoms with E-state index in [4.69, 9.17) is 23.4 Å². The van der Waals surface area contributed by atoms with Gasteiger partial charge in [0.15, 0.2) is 12.2 Å². The van der Waals surface area contributed by atoms with Gasteiger partial charge in [0.25, 0.3) is 0 Å². The van der Waals surface area contributed by atoms with Crippen molar-refractivity contribution in [2.24, 2.45) is 0 Å². The summed E-state index contributed by atoms with van der Waals surface area (Å²) in [7, 11) is 0. The minimum Gasteiger partial charge on any atom is -0.479 e. The number of hydrogen-bond donors (Lipinski definition) is 0. The van der Waals surface area contributed by atoms with E-state index in [2.05, 4.69) is 0 Å². The number of rotatable bonds is 10. The van der Waals surface area contributed by atoms with Crippen LogP contribution in [-0.4, -0.2) is 37.4 Å². The minimum atomic E-state index is -0.901. The summed E-state index contributed by atoms with van der Waals surface area (Å²) < 4.78 is 27.1. The van der Waals surface area contributed by atoms with Crippen LogP contribution in [0, 0.1) is 6.92 Å². The second-order valence-electron chi connectivity index (χ2n) is 7.06. The Hall–Kier alpha value is -3.03. The standard InChI is InChI=1S/C23H30O8/c1-7-10-17-13(4)20-18(30-15(6)22(25)28-9-3)11-16(12-19(20)31-23(17)26)29-14(5)21(24)27-8-2/h11-12,14-15H,7-10H2,1-6H3/t14-,15-/m1/s1. The first-order chi connectivity index (χ1) is 14.7. The molecule has 0 radical (unpaired) electrons. The number of ether oxygens (including phenoxy) is 4. The first-order valence-electron chi connectivity index (χ1n) is 10.5. The molecule has 0 aliphatic carbocycles. The third kappa shape index (κ3) is 5.77. The fraction of sp³-hybridized carbons (Fsp3) is 0.522. The summed E-state index contributed by atoms with van der Waals surface area (Å²) in [4.78, 5) is 36.6. The molecule has 8 heteroatoms. The lowest BCUT2D eigenvalue weighted by Gasteiger charge is -2.19. The van der Waals surface area contributed by atoms with Gasteiger partial charge in [-0.3, -0.25) is 0 Å². The van der Waals surface area contributed by atoms with Gasteiger partial charge in [-0.1, -0.05) is 13.3 Å². The fourth-order valence-corrected chi connectivity index (χ4v) is 3.19. The van der Waals surface area contributed by atoms with Crippen LogP contribution >= 0.6 is 0 Å². The molecule has 0 aliphatic rings. The molecule has 31 heavy (non-hydrogen) atoms. The SMILES string of the molecule is CCCc1c(C)c2c(O[C@H](C)C(=O)OCC)cc(O[C@H](C)C(=O)OCC)cc2oc1=O. The van der Waals surface area contributed by atoms with E-state index >= 15 is 0 Å². The third-order valence-corrected chi connectivity index (χ3v) is 4.67. The summed E-state index contributed by atoms with van der Waals surface area (Å²) in [6.45, 7) is 10.8. The normalized spacial score (nSPS) is 12.8. The van der Waals surface area contributed by atoms with E-state index in [9.17, 15) is 14.4 Å². The van der Waals surface area contributed by atoms with Crippen molar-refractivity contribution < 1.29 is 33.0 Å². The van der Waals surface area contributed by atoms with Gasteiger partial charge >= 0.3 is 17.6 Å². The number of hydrogen-bond acceptors (Lipinski definition) is 8. The zero-order valence-electron chi connectivity index (χ0n) is 18.9. The van der Waals surface area contributed by atoms with E-state index in [0.29, 0.717) is 28.7 Å². The van der Waals surface area contributed by atoms with Crippen LogP contribution in [0.3, 0.4) is 0 Å². The maximum Gasteiger partial charge on any atom is 0.347 e. The highest BCUT2D eigenvalue weighted by Crippen LogP contribution is 2.35. The van der Waals surface area contributed by atoms with Crippen molar-refractivity contribution >= 4 is 22.9 Å². The predicted octanol–water partition coefficient (Wildman–Crippen LogP) is 3.71. The average Bonchev–Trinajstić information content (AvgIpc) is 2.70. The summed E-state index contributed by atoms with van der Waals surface area (Å²) in [6.07, 6.45) is -0.471. The minimum absolute atomic E-state index is 0.224. The highest BCUT2D eigenvalue weighted by atomic mass is 16.6. The highest BCUT2D eigenvalue weighted by Gasteiger charge is 2.23. The van der Waals surface area contributed by atoms with E-state index in [-0.39, 0.29) is 24.5 Å². The number of benzene rings is 1. The van der Waals surface area contributed by atoms with Crippen molar-refractivity contribution in [3.63, 3.8) is 0 Å².